The molecule has 1 aliphatic rings. The van der Waals surface area contributed by atoms with E-state index in [1.807, 2.05) is 18.2 Å². The third-order valence-electron chi connectivity index (χ3n) is 5.13. The molecule has 5 rings (SSSR count). The third kappa shape index (κ3) is 2.29. The van der Waals surface area contributed by atoms with E-state index in [1.54, 1.807) is 6.33 Å². The number of para-hydroxylation sites is 1. The van der Waals surface area contributed by atoms with Crippen LogP contribution in [-0.4, -0.2) is 16.5 Å². The Balaban J connectivity index is 1.65. The molecule has 1 unspecified atom stereocenters. The van der Waals surface area contributed by atoms with Gasteiger partial charge in [0.05, 0.1) is 6.04 Å². The van der Waals surface area contributed by atoms with Crippen molar-refractivity contribution >= 4 is 27.9 Å². The van der Waals surface area contributed by atoms with Crippen molar-refractivity contribution in [3.05, 3.63) is 66.0 Å². The van der Waals surface area contributed by atoms with E-state index < -0.39 is 0 Å². The molecule has 0 saturated carbocycles. The number of hydrogen-bond donors (Lipinski definition) is 0. The maximum atomic E-state index is 6.13. The fourth-order valence-electron chi connectivity index (χ4n) is 3.87. The van der Waals surface area contributed by atoms with E-state index in [2.05, 4.69) is 52.1 Å². The topological polar surface area (TPSA) is 42.2 Å². The normalized spacial score (nSPS) is 17.6. The first-order chi connectivity index (χ1) is 12.3. The Kier molecular flexibility index (Phi) is 3.23. The van der Waals surface area contributed by atoms with Crippen LogP contribution < -0.4 is 4.90 Å². The molecule has 4 aromatic rings. The van der Waals surface area contributed by atoms with Gasteiger partial charge in [0.2, 0.25) is 0 Å². The number of fused-ring (bicyclic) bond motifs is 3. The SMILES string of the molecule is Cc1ccc(C2CCCN2c2ncnc3c2oc2ccccc23)cc1. The lowest BCUT2D eigenvalue weighted by Crippen LogP contribution is -2.23. The monoisotopic (exact) mass is 329 g/mol. The van der Waals surface area contributed by atoms with Crippen LogP contribution in [0.4, 0.5) is 5.82 Å². The molecule has 2 aromatic heterocycles. The van der Waals surface area contributed by atoms with Gasteiger partial charge in [-0.05, 0) is 37.5 Å². The van der Waals surface area contributed by atoms with Gasteiger partial charge >= 0.3 is 0 Å². The smallest absolute Gasteiger partial charge is 0.196 e. The van der Waals surface area contributed by atoms with Crippen LogP contribution in [0.25, 0.3) is 22.1 Å². The Morgan fingerprint density at radius 3 is 2.76 bits per heavy atom. The highest BCUT2D eigenvalue weighted by Crippen LogP contribution is 2.40. The minimum atomic E-state index is 0.340. The van der Waals surface area contributed by atoms with Crippen molar-refractivity contribution in [1.29, 1.82) is 0 Å². The first-order valence-corrected chi connectivity index (χ1v) is 8.77. The van der Waals surface area contributed by atoms with Crippen molar-refractivity contribution in [2.24, 2.45) is 0 Å². The van der Waals surface area contributed by atoms with Gasteiger partial charge in [-0.3, -0.25) is 0 Å². The molecule has 25 heavy (non-hydrogen) atoms. The minimum absolute atomic E-state index is 0.340. The molecular formula is C21H19N3O. The lowest BCUT2D eigenvalue weighted by Gasteiger charge is -2.26. The van der Waals surface area contributed by atoms with Gasteiger partial charge in [-0.2, -0.15) is 0 Å². The highest BCUT2D eigenvalue weighted by atomic mass is 16.3. The molecule has 0 amide bonds. The summed E-state index contributed by atoms with van der Waals surface area (Å²) in [7, 11) is 0. The Morgan fingerprint density at radius 1 is 1.04 bits per heavy atom. The number of nitrogens with zero attached hydrogens (tertiary/aromatic N) is 3. The van der Waals surface area contributed by atoms with Gasteiger partial charge in [-0.1, -0.05) is 42.0 Å². The summed E-state index contributed by atoms with van der Waals surface area (Å²) in [5, 5.41) is 1.05. The van der Waals surface area contributed by atoms with E-state index in [4.69, 9.17) is 4.42 Å². The van der Waals surface area contributed by atoms with Crippen molar-refractivity contribution in [3.8, 4) is 0 Å². The Hall–Kier alpha value is -2.88. The first-order valence-electron chi connectivity index (χ1n) is 8.77. The summed E-state index contributed by atoms with van der Waals surface area (Å²) in [5.41, 5.74) is 5.18. The first kappa shape index (κ1) is 14.5. The van der Waals surface area contributed by atoms with Gasteiger partial charge < -0.3 is 9.32 Å². The molecule has 1 saturated heterocycles. The molecule has 124 valence electrons. The largest absolute Gasteiger partial charge is 0.450 e. The standard InChI is InChI=1S/C21H19N3O/c1-14-8-10-15(11-9-14)17-6-4-12-24(17)21-20-19(22-13-23-21)16-5-2-3-7-18(16)25-20/h2-3,5,7-11,13,17H,4,6,12H2,1H3. The molecule has 1 fully saturated rings. The van der Waals surface area contributed by atoms with Crippen LogP contribution in [0.1, 0.15) is 30.0 Å². The molecule has 4 heteroatoms. The molecular weight excluding hydrogens is 310 g/mol. The van der Waals surface area contributed by atoms with E-state index in [0.29, 0.717) is 6.04 Å². The predicted molar refractivity (Wildman–Crippen MR) is 99.8 cm³/mol. The van der Waals surface area contributed by atoms with Gasteiger partial charge in [-0.15, -0.1) is 0 Å². The highest BCUT2D eigenvalue weighted by Gasteiger charge is 2.29. The maximum Gasteiger partial charge on any atom is 0.196 e. The lowest BCUT2D eigenvalue weighted by molar-refractivity contribution is 0.652. The number of hydrogen-bond acceptors (Lipinski definition) is 4. The molecule has 4 nitrogen and oxygen atoms in total. The van der Waals surface area contributed by atoms with Crippen LogP contribution >= 0.6 is 0 Å². The fourth-order valence-corrected chi connectivity index (χ4v) is 3.87. The number of furan rings is 1. The average Bonchev–Trinajstić information content (AvgIpc) is 3.27. The third-order valence-corrected chi connectivity index (χ3v) is 5.13. The van der Waals surface area contributed by atoms with E-state index >= 15 is 0 Å². The molecule has 0 aliphatic carbocycles. The maximum absolute atomic E-state index is 6.13. The molecule has 0 spiro atoms. The van der Waals surface area contributed by atoms with E-state index in [0.717, 1.165) is 47.3 Å². The summed E-state index contributed by atoms with van der Waals surface area (Å²) >= 11 is 0. The second-order valence-electron chi connectivity index (χ2n) is 6.74. The minimum Gasteiger partial charge on any atom is -0.450 e. The molecule has 3 heterocycles. The summed E-state index contributed by atoms with van der Waals surface area (Å²) in [5.74, 6) is 0.907. The van der Waals surface area contributed by atoms with Crippen LogP contribution in [0.5, 0.6) is 0 Å². The number of benzene rings is 2. The van der Waals surface area contributed by atoms with Crippen LogP contribution in [-0.2, 0) is 0 Å². The molecule has 0 N–H and O–H groups in total. The van der Waals surface area contributed by atoms with Crippen LogP contribution in [0, 0.1) is 6.92 Å². The van der Waals surface area contributed by atoms with Crippen molar-refractivity contribution in [1.82, 2.24) is 9.97 Å². The summed E-state index contributed by atoms with van der Waals surface area (Å²) in [6.45, 7) is 3.11. The van der Waals surface area contributed by atoms with Gasteiger partial charge in [0.15, 0.2) is 11.4 Å². The zero-order valence-electron chi connectivity index (χ0n) is 14.1. The molecule has 0 radical (unpaired) electrons. The highest BCUT2D eigenvalue weighted by molar-refractivity contribution is 6.05. The van der Waals surface area contributed by atoms with E-state index in [1.165, 1.54) is 11.1 Å². The van der Waals surface area contributed by atoms with Crippen LogP contribution in [0.3, 0.4) is 0 Å². The quantitative estimate of drug-likeness (QED) is 0.517. The van der Waals surface area contributed by atoms with Gasteiger partial charge in [-0.25, -0.2) is 9.97 Å². The predicted octanol–water partition coefficient (Wildman–Crippen LogP) is 5.03. The van der Waals surface area contributed by atoms with E-state index in [-0.39, 0.29) is 0 Å². The number of aryl methyl sites for hydroxylation is 1. The molecule has 0 bridgehead atoms. The second-order valence-corrected chi connectivity index (χ2v) is 6.74. The van der Waals surface area contributed by atoms with Gasteiger partial charge in [0, 0.05) is 11.9 Å². The molecule has 1 aliphatic heterocycles. The average molecular weight is 329 g/mol. The molecule has 2 aromatic carbocycles. The summed E-state index contributed by atoms with van der Waals surface area (Å²) in [6.07, 6.45) is 3.95. The van der Waals surface area contributed by atoms with Crippen molar-refractivity contribution in [2.45, 2.75) is 25.8 Å². The number of aromatic nitrogens is 2. The Morgan fingerprint density at radius 2 is 1.88 bits per heavy atom. The second kappa shape index (κ2) is 5.59. The van der Waals surface area contributed by atoms with Crippen molar-refractivity contribution in [3.63, 3.8) is 0 Å². The lowest BCUT2D eigenvalue weighted by atomic mass is 10.0. The number of anilines is 1. The summed E-state index contributed by atoms with van der Waals surface area (Å²) in [6, 6.07) is 17.2. The summed E-state index contributed by atoms with van der Waals surface area (Å²) < 4.78 is 6.13. The Bertz CT molecular complexity index is 1050. The Labute approximate surface area is 146 Å². The summed E-state index contributed by atoms with van der Waals surface area (Å²) in [4.78, 5) is 11.4. The van der Waals surface area contributed by atoms with E-state index in [9.17, 15) is 0 Å². The van der Waals surface area contributed by atoms with Crippen LogP contribution in [0.15, 0.2) is 59.3 Å². The molecule has 1 atom stereocenters. The van der Waals surface area contributed by atoms with Crippen molar-refractivity contribution in [2.75, 3.05) is 11.4 Å². The zero-order chi connectivity index (χ0) is 16.8. The van der Waals surface area contributed by atoms with Crippen LogP contribution in [0.2, 0.25) is 0 Å². The number of rotatable bonds is 2. The van der Waals surface area contributed by atoms with Gasteiger partial charge in [0.1, 0.15) is 17.4 Å². The zero-order valence-corrected chi connectivity index (χ0v) is 14.1. The fraction of sp³-hybridized carbons (Fsp3) is 0.238. The van der Waals surface area contributed by atoms with Gasteiger partial charge in [0.25, 0.3) is 0 Å². The van der Waals surface area contributed by atoms with Crippen molar-refractivity contribution < 1.29 is 4.42 Å².